The van der Waals surface area contributed by atoms with Crippen molar-refractivity contribution < 1.29 is 24.2 Å². The molecule has 0 saturated carbocycles. The Kier molecular flexibility index (Phi) is 6.50. The summed E-state index contributed by atoms with van der Waals surface area (Å²) in [6, 6.07) is 15.3. The van der Waals surface area contributed by atoms with Gasteiger partial charge in [0.2, 0.25) is 0 Å². The highest BCUT2D eigenvalue weighted by molar-refractivity contribution is 6.06. The molecule has 0 atom stereocenters. The summed E-state index contributed by atoms with van der Waals surface area (Å²) in [5.74, 6) is -1.89. The number of carbonyl (C=O) groups is 3. The lowest BCUT2D eigenvalue weighted by Gasteiger charge is -2.11. The number of methoxy groups -OCH3 is 1. The summed E-state index contributed by atoms with van der Waals surface area (Å²) in [6.45, 7) is -0.566. The number of ether oxygens (including phenoxy) is 1. The largest absolute Gasteiger partial charge is 0.496 e. The molecule has 0 heterocycles. The Morgan fingerprint density at radius 1 is 1.04 bits per heavy atom. The zero-order valence-electron chi connectivity index (χ0n) is 14.1. The van der Waals surface area contributed by atoms with Crippen molar-refractivity contribution in [3.8, 4) is 5.75 Å². The molecule has 26 heavy (non-hydrogen) atoms. The second kappa shape index (κ2) is 9.03. The smallest absolute Gasteiger partial charge is 0.322 e. The predicted octanol–water partition coefficient (Wildman–Crippen LogP) is 1.67. The van der Waals surface area contributed by atoms with Gasteiger partial charge in [0.15, 0.2) is 0 Å². The van der Waals surface area contributed by atoms with Crippen LogP contribution < -0.4 is 15.4 Å². The van der Waals surface area contributed by atoms with Gasteiger partial charge in [0.1, 0.15) is 18.0 Å². The summed E-state index contributed by atoms with van der Waals surface area (Å²) in [7, 11) is 1.49. The summed E-state index contributed by atoms with van der Waals surface area (Å²) in [5, 5.41) is 13.5. The van der Waals surface area contributed by atoms with Crippen LogP contribution in [0.5, 0.6) is 5.75 Å². The maximum Gasteiger partial charge on any atom is 0.322 e. The Morgan fingerprint density at radius 2 is 1.69 bits per heavy atom. The monoisotopic (exact) mass is 354 g/mol. The molecule has 0 saturated heterocycles. The average molecular weight is 354 g/mol. The van der Waals surface area contributed by atoms with Gasteiger partial charge in [0, 0.05) is 11.1 Å². The first-order chi connectivity index (χ1) is 12.5. The molecule has 0 aliphatic rings. The van der Waals surface area contributed by atoms with Crippen LogP contribution in [-0.2, 0) is 9.59 Å². The van der Waals surface area contributed by atoms with E-state index in [0.717, 1.165) is 0 Å². The van der Waals surface area contributed by atoms with Crippen LogP contribution in [0.1, 0.15) is 15.9 Å². The normalized spacial score (nSPS) is 10.7. The van der Waals surface area contributed by atoms with Crippen LogP contribution in [0.3, 0.4) is 0 Å². The third-order valence-electron chi connectivity index (χ3n) is 3.37. The van der Waals surface area contributed by atoms with E-state index in [1.807, 2.05) is 0 Å². The van der Waals surface area contributed by atoms with Gasteiger partial charge in [-0.1, -0.05) is 36.4 Å². The van der Waals surface area contributed by atoms with Crippen molar-refractivity contribution in [1.29, 1.82) is 0 Å². The van der Waals surface area contributed by atoms with Crippen LogP contribution in [0, 0.1) is 0 Å². The minimum Gasteiger partial charge on any atom is -0.496 e. The number of carbonyl (C=O) groups excluding carboxylic acids is 2. The number of carboxylic acid groups (broad SMARTS) is 1. The van der Waals surface area contributed by atoms with E-state index in [1.54, 1.807) is 54.6 Å². The van der Waals surface area contributed by atoms with Gasteiger partial charge in [0.25, 0.3) is 11.8 Å². The van der Waals surface area contributed by atoms with Crippen LogP contribution in [-0.4, -0.2) is 36.5 Å². The first-order valence-electron chi connectivity index (χ1n) is 7.72. The van der Waals surface area contributed by atoms with Crippen LogP contribution >= 0.6 is 0 Å². The molecular weight excluding hydrogens is 336 g/mol. The highest BCUT2D eigenvalue weighted by atomic mass is 16.5. The van der Waals surface area contributed by atoms with Crippen molar-refractivity contribution in [3.05, 3.63) is 71.4 Å². The van der Waals surface area contributed by atoms with Gasteiger partial charge in [0.05, 0.1) is 7.11 Å². The molecule has 7 heteroatoms. The van der Waals surface area contributed by atoms with E-state index in [1.165, 1.54) is 13.2 Å². The quantitative estimate of drug-likeness (QED) is 0.656. The topological polar surface area (TPSA) is 105 Å². The van der Waals surface area contributed by atoms with E-state index in [4.69, 9.17) is 9.84 Å². The minimum absolute atomic E-state index is 0.0930. The van der Waals surface area contributed by atoms with E-state index in [0.29, 0.717) is 16.9 Å². The molecule has 0 bridgehead atoms. The second-order valence-electron chi connectivity index (χ2n) is 5.20. The summed E-state index contributed by atoms with van der Waals surface area (Å²) in [4.78, 5) is 35.4. The van der Waals surface area contributed by atoms with Crippen molar-refractivity contribution in [1.82, 2.24) is 10.6 Å². The van der Waals surface area contributed by atoms with Gasteiger partial charge in [-0.25, -0.2) is 0 Å². The predicted molar refractivity (Wildman–Crippen MR) is 95.5 cm³/mol. The van der Waals surface area contributed by atoms with E-state index in [9.17, 15) is 14.4 Å². The Bertz CT molecular complexity index is 831. The van der Waals surface area contributed by atoms with Crippen molar-refractivity contribution >= 4 is 23.9 Å². The molecule has 0 radical (unpaired) electrons. The zero-order chi connectivity index (χ0) is 18.9. The molecule has 0 aliphatic carbocycles. The fourth-order valence-electron chi connectivity index (χ4n) is 2.13. The molecule has 134 valence electrons. The number of carboxylic acids is 1. The lowest BCUT2D eigenvalue weighted by molar-refractivity contribution is -0.137. The molecule has 0 unspecified atom stereocenters. The molecule has 2 amide bonds. The summed E-state index contributed by atoms with van der Waals surface area (Å²) >= 11 is 0. The van der Waals surface area contributed by atoms with Crippen molar-refractivity contribution in [2.75, 3.05) is 13.7 Å². The fraction of sp³-hybridized carbons (Fsp3) is 0.105. The molecule has 2 aromatic carbocycles. The highest BCUT2D eigenvalue weighted by Crippen LogP contribution is 2.20. The molecule has 0 aromatic heterocycles. The Balaban J connectivity index is 2.32. The molecule has 0 aliphatic heterocycles. The number of rotatable bonds is 7. The van der Waals surface area contributed by atoms with Gasteiger partial charge in [-0.2, -0.15) is 0 Å². The fourth-order valence-corrected chi connectivity index (χ4v) is 2.13. The maximum atomic E-state index is 12.4. The maximum absolute atomic E-state index is 12.4. The average Bonchev–Trinajstić information content (AvgIpc) is 2.66. The van der Waals surface area contributed by atoms with Crippen LogP contribution in [0.2, 0.25) is 0 Å². The number of aliphatic carboxylic acids is 1. The van der Waals surface area contributed by atoms with Crippen LogP contribution in [0.15, 0.2) is 60.3 Å². The third-order valence-corrected chi connectivity index (χ3v) is 3.37. The first-order valence-corrected chi connectivity index (χ1v) is 7.72. The third kappa shape index (κ3) is 5.20. The van der Waals surface area contributed by atoms with Gasteiger partial charge in [-0.3, -0.25) is 14.4 Å². The number of benzene rings is 2. The molecule has 0 fully saturated rings. The van der Waals surface area contributed by atoms with E-state index in [2.05, 4.69) is 10.6 Å². The van der Waals surface area contributed by atoms with Crippen molar-refractivity contribution in [3.63, 3.8) is 0 Å². The van der Waals surface area contributed by atoms with E-state index in [-0.39, 0.29) is 5.70 Å². The van der Waals surface area contributed by atoms with Gasteiger partial charge >= 0.3 is 5.97 Å². The standard InChI is InChI=1S/C19H18N2O5/c1-26-16-10-6-5-9-14(16)11-15(19(25)20-12-17(22)23)21-18(24)13-7-3-2-4-8-13/h2-11H,12H2,1H3,(H,20,25)(H,21,24)(H,22,23). The lowest BCUT2D eigenvalue weighted by Crippen LogP contribution is -2.37. The molecular formula is C19H18N2O5. The molecule has 0 spiro atoms. The number of amides is 2. The Morgan fingerprint density at radius 3 is 2.35 bits per heavy atom. The first kappa shape index (κ1) is 18.7. The van der Waals surface area contributed by atoms with Crippen molar-refractivity contribution in [2.24, 2.45) is 0 Å². The van der Waals surface area contributed by atoms with E-state index >= 15 is 0 Å². The summed E-state index contributed by atoms with van der Waals surface area (Å²) < 4.78 is 5.23. The molecule has 2 rings (SSSR count). The van der Waals surface area contributed by atoms with E-state index < -0.39 is 24.3 Å². The van der Waals surface area contributed by atoms with Crippen LogP contribution in [0.4, 0.5) is 0 Å². The number of nitrogens with one attached hydrogen (secondary N) is 2. The highest BCUT2D eigenvalue weighted by Gasteiger charge is 2.16. The zero-order valence-corrected chi connectivity index (χ0v) is 14.1. The van der Waals surface area contributed by atoms with Crippen molar-refractivity contribution in [2.45, 2.75) is 0 Å². The minimum atomic E-state index is -1.19. The Labute approximate surface area is 150 Å². The Hall–Kier alpha value is -3.61. The lowest BCUT2D eigenvalue weighted by atomic mass is 10.1. The number of hydrogen-bond donors (Lipinski definition) is 3. The van der Waals surface area contributed by atoms with Gasteiger partial charge in [-0.05, 0) is 24.3 Å². The summed E-state index contributed by atoms with van der Waals surface area (Å²) in [6.07, 6.45) is 1.43. The number of para-hydroxylation sites is 1. The van der Waals surface area contributed by atoms with Gasteiger partial charge < -0.3 is 20.5 Å². The number of hydrogen-bond acceptors (Lipinski definition) is 4. The SMILES string of the molecule is COc1ccccc1C=C(NC(=O)c1ccccc1)C(=O)NCC(=O)O. The van der Waals surface area contributed by atoms with Gasteiger partial charge in [-0.15, -0.1) is 0 Å². The summed E-state index contributed by atoms with van der Waals surface area (Å²) in [5.41, 5.74) is 0.831. The molecule has 2 aromatic rings. The molecule has 3 N–H and O–H groups in total. The molecule has 7 nitrogen and oxygen atoms in total. The van der Waals surface area contributed by atoms with Crippen LogP contribution in [0.25, 0.3) is 6.08 Å². The second-order valence-corrected chi connectivity index (χ2v) is 5.20.